The molecule has 6 unspecified atom stereocenters. The van der Waals surface area contributed by atoms with Gasteiger partial charge in [0.1, 0.15) is 0 Å². The predicted octanol–water partition coefficient (Wildman–Crippen LogP) is -0.435. The molecule has 0 aromatic rings. The maximum atomic E-state index is 12.2. The molecule has 1 heterocycles. The minimum absolute atomic E-state index is 0.00933. The number of hydrogen-bond donors (Lipinski definition) is 2. The molecule has 3 aliphatic rings. The van der Waals surface area contributed by atoms with Crippen LogP contribution >= 0.6 is 0 Å². The van der Waals surface area contributed by atoms with Gasteiger partial charge in [-0.2, -0.15) is 0 Å². The lowest BCUT2D eigenvalue weighted by Gasteiger charge is -2.30. The van der Waals surface area contributed by atoms with Crippen LogP contribution in [0.1, 0.15) is 19.3 Å². The summed E-state index contributed by atoms with van der Waals surface area (Å²) in [5, 5.41) is 10.2. The molecule has 1 amide bonds. The summed E-state index contributed by atoms with van der Waals surface area (Å²) in [6.45, 7) is 0.764. The first kappa shape index (κ1) is 11.1. The monoisotopic (exact) mass is 234 g/mol. The van der Waals surface area contributed by atoms with Crippen molar-refractivity contribution in [3.63, 3.8) is 0 Å². The molecule has 3 rings (SSSR count). The number of nitrogens with zero attached hydrogens (tertiary/aromatic N) is 1. The number of terminal acetylenes is 1. The lowest BCUT2D eigenvalue weighted by Crippen LogP contribution is -2.49. The zero-order valence-corrected chi connectivity index (χ0v) is 9.75. The Morgan fingerprint density at radius 1 is 1.53 bits per heavy atom. The van der Waals surface area contributed by atoms with Crippen molar-refractivity contribution in [2.75, 3.05) is 6.54 Å². The highest BCUT2D eigenvalue weighted by Gasteiger charge is 2.60. The first-order chi connectivity index (χ1) is 8.13. The molecule has 1 saturated heterocycles. The lowest BCUT2D eigenvalue weighted by molar-refractivity contribution is -0.135. The number of aliphatic hydroxyl groups is 1. The minimum Gasteiger partial charge on any atom is -0.391 e. The van der Waals surface area contributed by atoms with Gasteiger partial charge >= 0.3 is 0 Å². The summed E-state index contributed by atoms with van der Waals surface area (Å²) in [7, 11) is 0. The van der Waals surface area contributed by atoms with Crippen LogP contribution in [0.25, 0.3) is 0 Å². The first-order valence-corrected chi connectivity index (χ1v) is 6.31. The highest BCUT2D eigenvalue weighted by Crippen LogP contribution is 2.54. The van der Waals surface area contributed by atoms with Crippen molar-refractivity contribution in [1.29, 1.82) is 0 Å². The molecule has 6 atom stereocenters. The standard InChI is InChI=1S/C13H18N2O2/c1-2-3-10(14)13(17)15-6-8-4-7-5-9(8)11(15)12(7)16/h1,7-12,16H,3-6,14H2. The number of nitrogens with two attached hydrogens (primary N) is 1. The number of carbonyl (C=O) groups excluding carboxylic acids is 1. The van der Waals surface area contributed by atoms with Crippen LogP contribution in [0.2, 0.25) is 0 Å². The second-order valence-electron chi connectivity index (χ2n) is 5.64. The maximum Gasteiger partial charge on any atom is 0.240 e. The van der Waals surface area contributed by atoms with Crippen molar-refractivity contribution in [3.8, 4) is 12.3 Å². The molecular formula is C13H18N2O2. The van der Waals surface area contributed by atoms with Crippen molar-refractivity contribution >= 4 is 5.91 Å². The van der Waals surface area contributed by atoms with Gasteiger partial charge < -0.3 is 15.7 Å². The fourth-order valence-electron chi connectivity index (χ4n) is 4.10. The second-order valence-corrected chi connectivity index (χ2v) is 5.64. The molecule has 0 radical (unpaired) electrons. The van der Waals surface area contributed by atoms with Crippen molar-refractivity contribution in [2.45, 2.75) is 37.5 Å². The van der Waals surface area contributed by atoms with E-state index in [1.807, 2.05) is 0 Å². The number of hydrogen-bond acceptors (Lipinski definition) is 3. The van der Waals surface area contributed by atoms with E-state index in [-0.39, 0.29) is 24.5 Å². The van der Waals surface area contributed by atoms with Gasteiger partial charge in [-0.15, -0.1) is 12.3 Å². The molecule has 4 heteroatoms. The number of amides is 1. The molecule has 2 saturated carbocycles. The van der Waals surface area contributed by atoms with Crippen LogP contribution in [0.4, 0.5) is 0 Å². The van der Waals surface area contributed by atoms with Crippen LogP contribution in [0.15, 0.2) is 0 Å². The summed E-state index contributed by atoms with van der Waals surface area (Å²) in [6.07, 6.45) is 7.25. The topological polar surface area (TPSA) is 66.6 Å². The van der Waals surface area contributed by atoms with Crippen LogP contribution in [0, 0.1) is 30.1 Å². The molecule has 2 bridgehead atoms. The smallest absolute Gasteiger partial charge is 0.240 e. The van der Waals surface area contributed by atoms with Gasteiger partial charge in [0.15, 0.2) is 0 Å². The van der Waals surface area contributed by atoms with Gasteiger partial charge in [0.05, 0.1) is 18.2 Å². The second kappa shape index (κ2) is 3.72. The Morgan fingerprint density at radius 2 is 2.29 bits per heavy atom. The van der Waals surface area contributed by atoms with E-state index in [9.17, 15) is 9.90 Å². The van der Waals surface area contributed by atoms with Gasteiger partial charge in [-0.3, -0.25) is 4.79 Å². The Morgan fingerprint density at radius 3 is 2.94 bits per heavy atom. The third kappa shape index (κ3) is 1.42. The number of likely N-dealkylation sites (tertiary alicyclic amines) is 1. The van der Waals surface area contributed by atoms with E-state index in [0.717, 1.165) is 19.4 Å². The summed E-state index contributed by atoms with van der Waals surface area (Å²) in [5.74, 6) is 3.82. The van der Waals surface area contributed by atoms with Crippen LogP contribution in [0.5, 0.6) is 0 Å². The summed E-state index contributed by atoms with van der Waals surface area (Å²) in [6, 6.07) is -0.598. The Kier molecular flexibility index (Phi) is 2.42. The third-order valence-electron chi connectivity index (χ3n) is 4.79. The fraction of sp³-hybridized carbons (Fsp3) is 0.769. The summed E-state index contributed by atoms with van der Waals surface area (Å²) in [5.41, 5.74) is 5.78. The van der Waals surface area contributed by atoms with Crippen LogP contribution in [-0.4, -0.2) is 40.6 Å². The van der Waals surface area contributed by atoms with E-state index in [2.05, 4.69) is 5.92 Å². The van der Waals surface area contributed by atoms with Crippen LogP contribution in [0.3, 0.4) is 0 Å². The van der Waals surface area contributed by atoms with Crippen molar-refractivity contribution < 1.29 is 9.90 Å². The van der Waals surface area contributed by atoms with E-state index in [1.54, 1.807) is 4.90 Å². The number of rotatable bonds is 2. The van der Waals surface area contributed by atoms with E-state index in [1.165, 1.54) is 0 Å². The van der Waals surface area contributed by atoms with Gasteiger partial charge in [-0.05, 0) is 30.6 Å². The highest BCUT2D eigenvalue weighted by atomic mass is 16.3. The fourth-order valence-corrected chi connectivity index (χ4v) is 4.10. The average Bonchev–Trinajstić information content (AvgIpc) is 2.88. The predicted molar refractivity (Wildman–Crippen MR) is 62.6 cm³/mol. The quantitative estimate of drug-likeness (QED) is 0.637. The molecule has 0 aromatic carbocycles. The van der Waals surface area contributed by atoms with Crippen LogP contribution < -0.4 is 5.73 Å². The maximum absolute atomic E-state index is 12.2. The van der Waals surface area contributed by atoms with E-state index in [0.29, 0.717) is 17.8 Å². The van der Waals surface area contributed by atoms with Crippen molar-refractivity contribution in [3.05, 3.63) is 0 Å². The Labute approximate surface area is 101 Å². The van der Waals surface area contributed by atoms with Crippen molar-refractivity contribution in [1.82, 2.24) is 4.90 Å². The largest absolute Gasteiger partial charge is 0.391 e. The summed E-state index contributed by atoms with van der Waals surface area (Å²) < 4.78 is 0. The SMILES string of the molecule is C#CCC(N)C(=O)N1CC2CC3CC2C1C3O. The lowest BCUT2D eigenvalue weighted by atomic mass is 9.88. The first-order valence-electron chi connectivity index (χ1n) is 6.31. The van der Waals surface area contributed by atoms with E-state index < -0.39 is 6.04 Å². The molecule has 3 N–H and O–H groups in total. The summed E-state index contributed by atoms with van der Waals surface area (Å²) in [4.78, 5) is 14.0. The molecule has 17 heavy (non-hydrogen) atoms. The minimum atomic E-state index is -0.608. The van der Waals surface area contributed by atoms with Gasteiger partial charge in [0.2, 0.25) is 5.91 Å². The number of carbonyl (C=O) groups is 1. The van der Waals surface area contributed by atoms with E-state index in [4.69, 9.17) is 12.2 Å². The van der Waals surface area contributed by atoms with Gasteiger partial charge in [0, 0.05) is 13.0 Å². The molecule has 92 valence electrons. The molecule has 0 spiro atoms. The van der Waals surface area contributed by atoms with Gasteiger partial charge in [-0.1, -0.05) is 0 Å². The summed E-state index contributed by atoms with van der Waals surface area (Å²) >= 11 is 0. The Hall–Kier alpha value is -1.05. The van der Waals surface area contributed by atoms with Gasteiger partial charge in [-0.25, -0.2) is 0 Å². The molecule has 3 fully saturated rings. The molecule has 4 nitrogen and oxygen atoms in total. The molecule has 1 aliphatic heterocycles. The Balaban J connectivity index is 1.78. The average molecular weight is 234 g/mol. The van der Waals surface area contributed by atoms with Crippen molar-refractivity contribution in [2.24, 2.45) is 23.5 Å². The number of fused-ring (bicyclic) bond motifs is 1. The van der Waals surface area contributed by atoms with Crippen LogP contribution in [-0.2, 0) is 4.79 Å². The molecule has 2 aliphatic carbocycles. The Bertz CT molecular complexity index is 387. The zero-order valence-electron chi connectivity index (χ0n) is 9.75. The molecular weight excluding hydrogens is 216 g/mol. The number of aliphatic hydroxyl groups excluding tert-OH is 1. The zero-order chi connectivity index (χ0) is 12.2. The normalized spacial score (nSPS) is 43.8. The van der Waals surface area contributed by atoms with Gasteiger partial charge in [0.25, 0.3) is 0 Å². The third-order valence-corrected chi connectivity index (χ3v) is 4.79. The van der Waals surface area contributed by atoms with E-state index >= 15 is 0 Å². The highest BCUT2D eigenvalue weighted by molar-refractivity contribution is 5.83. The molecule has 0 aromatic heterocycles.